The van der Waals surface area contributed by atoms with Gasteiger partial charge < -0.3 is 14.8 Å². The fraction of sp³-hybridized carbons (Fsp3) is 0.348. The lowest BCUT2D eigenvalue weighted by molar-refractivity contribution is -0.123. The summed E-state index contributed by atoms with van der Waals surface area (Å²) in [6, 6.07) is 11.1. The number of ether oxygens (including phenoxy) is 2. The molecule has 2 aromatic rings. The quantitative estimate of drug-likeness (QED) is 0.426. The van der Waals surface area contributed by atoms with Gasteiger partial charge in [-0.25, -0.2) is 5.43 Å². The zero-order chi connectivity index (χ0) is 22.8. The highest BCUT2D eigenvalue weighted by molar-refractivity contribution is 6.30. The molecule has 31 heavy (non-hydrogen) atoms. The van der Waals surface area contributed by atoms with Crippen LogP contribution in [0.15, 0.2) is 47.6 Å². The molecule has 0 heterocycles. The van der Waals surface area contributed by atoms with Crippen molar-refractivity contribution in [1.82, 2.24) is 10.7 Å². The Morgan fingerprint density at radius 2 is 1.68 bits per heavy atom. The minimum Gasteiger partial charge on any atom is -0.490 e. The van der Waals surface area contributed by atoms with Crippen molar-refractivity contribution in [2.45, 2.75) is 33.7 Å². The van der Waals surface area contributed by atoms with E-state index >= 15 is 0 Å². The highest BCUT2D eigenvalue weighted by Gasteiger charge is 2.24. The molecule has 2 rings (SSSR count). The molecule has 0 aliphatic heterocycles. The summed E-state index contributed by atoms with van der Waals surface area (Å²) in [6.45, 7) is 8.51. The maximum absolute atomic E-state index is 12.6. The molecule has 0 aliphatic carbocycles. The van der Waals surface area contributed by atoms with E-state index in [9.17, 15) is 9.59 Å². The van der Waals surface area contributed by atoms with Gasteiger partial charge in [-0.15, -0.1) is 0 Å². The average molecular weight is 446 g/mol. The van der Waals surface area contributed by atoms with Crippen molar-refractivity contribution in [1.29, 1.82) is 0 Å². The summed E-state index contributed by atoms with van der Waals surface area (Å²) in [4.78, 5) is 25.1. The number of hydrogen-bond acceptors (Lipinski definition) is 5. The molecule has 0 saturated carbocycles. The monoisotopic (exact) mass is 445 g/mol. The third kappa shape index (κ3) is 7.29. The molecule has 166 valence electrons. The molecule has 0 fully saturated rings. The summed E-state index contributed by atoms with van der Waals surface area (Å²) in [5.74, 6) is 0.346. The maximum Gasteiger partial charge on any atom is 0.262 e. The molecule has 7 nitrogen and oxygen atoms in total. The maximum atomic E-state index is 12.6. The van der Waals surface area contributed by atoms with Gasteiger partial charge >= 0.3 is 0 Å². The zero-order valence-corrected chi connectivity index (χ0v) is 18.9. The number of nitrogens with one attached hydrogen (secondary N) is 2. The Hall–Kier alpha value is -3.06. The van der Waals surface area contributed by atoms with Gasteiger partial charge in [-0.2, -0.15) is 5.10 Å². The zero-order valence-electron chi connectivity index (χ0n) is 18.1. The van der Waals surface area contributed by atoms with E-state index in [1.54, 1.807) is 36.4 Å². The summed E-state index contributed by atoms with van der Waals surface area (Å²) >= 11 is 5.86. The standard InChI is InChI=1S/C23H28ClN3O4/c1-5-30-19-12-7-16(13-20(19)31-6-2)14-25-27-23(29)21(15(3)4)26-22(28)17-8-10-18(24)11-9-17/h7-15,21H,5-6H2,1-4H3,(H,26,28)(H,27,29). The van der Waals surface area contributed by atoms with Crippen molar-refractivity contribution in [3.05, 3.63) is 58.6 Å². The molecule has 0 aliphatic rings. The molecule has 0 aromatic heterocycles. The summed E-state index contributed by atoms with van der Waals surface area (Å²) in [7, 11) is 0. The smallest absolute Gasteiger partial charge is 0.262 e. The van der Waals surface area contributed by atoms with E-state index < -0.39 is 11.9 Å². The van der Waals surface area contributed by atoms with Crippen LogP contribution in [0.25, 0.3) is 0 Å². The van der Waals surface area contributed by atoms with Crippen LogP contribution >= 0.6 is 11.6 Å². The average Bonchev–Trinajstić information content (AvgIpc) is 2.74. The third-order valence-electron chi connectivity index (χ3n) is 4.30. The fourth-order valence-corrected chi connectivity index (χ4v) is 2.87. The van der Waals surface area contributed by atoms with Crippen LogP contribution in [0.1, 0.15) is 43.6 Å². The van der Waals surface area contributed by atoms with Crippen LogP contribution in [0.4, 0.5) is 0 Å². The number of amides is 2. The van der Waals surface area contributed by atoms with Gasteiger partial charge in [0.15, 0.2) is 11.5 Å². The second-order valence-electron chi connectivity index (χ2n) is 7.01. The topological polar surface area (TPSA) is 89.0 Å². The van der Waals surface area contributed by atoms with E-state index in [4.69, 9.17) is 21.1 Å². The molecule has 2 aromatic carbocycles. The largest absolute Gasteiger partial charge is 0.490 e. The van der Waals surface area contributed by atoms with E-state index in [2.05, 4.69) is 15.8 Å². The first-order valence-corrected chi connectivity index (χ1v) is 10.5. The van der Waals surface area contributed by atoms with E-state index in [1.165, 1.54) is 6.21 Å². The first-order valence-electron chi connectivity index (χ1n) is 10.1. The molecule has 0 radical (unpaired) electrons. The molecule has 8 heteroatoms. The van der Waals surface area contributed by atoms with Crippen molar-refractivity contribution < 1.29 is 19.1 Å². The SMILES string of the molecule is CCOc1ccc(C=NNC(=O)C(NC(=O)c2ccc(Cl)cc2)C(C)C)cc1OCC. The van der Waals surface area contributed by atoms with Crippen LogP contribution in [0.3, 0.4) is 0 Å². The van der Waals surface area contributed by atoms with Crippen LogP contribution in [0.2, 0.25) is 5.02 Å². The van der Waals surface area contributed by atoms with Gasteiger partial charge in [0, 0.05) is 10.6 Å². The molecule has 2 amide bonds. The molecule has 0 bridgehead atoms. The second-order valence-corrected chi connectivity index (χ2v) is 7.44. The van der Waals surface area contributed by atoms with Crippen molar-refractivity contribution in [3.63, 3.8) is 0 Å². The predicted molar refractivity (Wildman–Crippen MR) is 122 cm³/mol. The summed E-state index contributed by atoms with van der Waals surface area (Å²) in [6.07, 6.45) is 1.51. The third-order valence-corrected chi connectivity index (χ3v) is 4.55. The number of benzene rings is 2. The minimum absolute atomic E-state index is 0.138. The van der Waals surface area contributed by atoms with E-state index in [0.717, 1.165) is 5.56 Å². The molecule has 1 atom stereocenters. The second kappa shape index (κ2) is 12.0. The number of hydrogen-bond donors (Lipinski definition) is 2. The van der Waals surface area contributed by atoms with E-state index in [-0.39, 0.29) is 11.8 Å². The number of rotatable bonds is 10. The van der Waals surface area contributed by atoms with Gasteiger partial charge in [0.1, 0.15) is 6.04 Å². The van der Waals surface area contributed by atoms with Crippen LogP contribution < -0.4 is 20.2 Å². The Labute approximate surface area is 187 Å². The lowest BCUT2D eigenvalue weighted by atomic mass is 10.0. The Balaban J connectivity index is 2.04. The van der Waals surface area contributed by atoms with Crippen LogP contribution in [0.5, 0.6) is 11.5 Å². The van der Waals surface area contributed by atoms with E-state index in [0.29, 0.717) is 35.3 Å². The fourth-order valence-electron chi connectivity index (χ4n) is 2.75. The number of halogens is 1. The van der Waals surface area contributed by atoms with Crippen LogP contribution in [-0.2, 0) is 4.79 Å². The summed E-state index contributed by atoms with van der Waals surface area (Å²) < 4.78 is 11.1. The Morgan fingerprint density at radius 3 is 2.29 bits per heavy atom. The van der Waals surface area contributed by atoms with Crippen molar-refractivity contribution in [3.8, 4) is 11.5 Å². The predicted octanol–water partition coefficient (Wildman–Crippen LogP) is 4.04. The summed E-state index contributed by atoms with van der Waals surface area (Å²) in [5, 5.41) is 7.30. The van der Waals surface area contributed by atoms with Gasteiger partial charge in [0.05, 0.1) is 19.4 Å². The van der Waals surface area contributed by atoms with Gasteiger partial charge in [0.25, 0.3) is 11.8 Å². The Bertz CT molecular complexity index is 914. The molecule has 1 unspecified atom stereocenters. The number of hydrazone groups is 1. The van der Waals surface area contributed by atoms with Crippen molar-refractivity contribution >= 4 is 29.6 Å². The van der Waals surface area contributed by atoms with Crippen LogP contribution in [0, 0.1) is 5.92 Å². The summed E-state index contributed by atoms with van der Waals surface area (Å²) in [5.41, 5.74) is 3.65. The van der Waals surface area contributed by atoms with Gasteiger partial charge in [-0.05, 0) is 67.8 Å². The van der Waals surface area contributed by atoms with Gasteiger partial charge in [0.2, 0.25) is 0 Å². The number of carbonyl (C=O) groups excluding carboxylic acids is 2. The lowest BCUT2D eigenvalue weighted by Crippen LogP contribution is -2.48. The van der Waals surface area contributed by atoms with Gasteiger partial charge in [-0.3, -0.25) is 9.59 Å². The molecule has 2 N–H and O–H groups in total. The molecule has 0 spiro atoms. The Morgan fingerprint density at radius 1 is 1.03 bits per heavy atom. The first kappa shape index (κ1) is 24.2. The van der Waals surface area contributed by atoms with Crippen molar-refractivity contribution in [2.75, 3.05) is 13.2 Å². The highest BCUT2D eigenvalue weighted by atomic mass is 35.5. The molecular weight excluding hydrogens is 418 g/mol. The molecule has 0 saturated heterocycles. The number of carbonyl (C=O) groups is 2. The minimum atomic E-state index is -0.750. The number of nitrogens with zero attached hydrogens (tertiary/aromatic N) is 1. The molecular formula is C23H28ClN3O4. The highest BCUT2D eigenvalue weighted by Crippen LogP contribution is 2.28. The first-order chi connectivity index (χ1) is 14.8. The Kier molecular flexibility index (Phi) is 9.34. The van der Waals surface area contributed by atoms with Crippen molar-refractivity contribution in [2.24, 2.45) is 11.0 Å². The lowest BCUT2D eigenvalue weighted by Gasteiger charge is -2.20. The van der Waals surface area contributed by atoms with E-state index in [1.807, 2.05) is 33.8 Å². The van der Waals surface area contributed by atoms with Crippen LogP contribution in [-0.4, -0.2) is 37.3 Å². The normalized spacial score (nSPS) is 11.9. The van der Waals surface area contributed by atoms with Gasteiger partial charge in [-0.1, -0.05) is 25.4 Å².